The maximum atomic E-state index is 13.3. The van der Waals surface area contributed by atoms with Crippen molar-refractivity contribution in [3.8, 4) is 17.1 Å². The van der Waals surface area contributed by atoms with Crippen molar-refractivity contribution in [2.75, 3.05) is 23.3 Å². The standard InChI is InChI=1S/C24H21N5O3/c1-16-10-11-21(32-16)22-20(15-29(27-22)18-7-3-2-4-8-18)23(30)26-17-6-5-9-19(14-17)28-13-12-25-24(28)31/h2-11,14-15H,12-13H2,1H3,(H,25,31)(H,26,30). The van der Waals surface area contributed by atoms with Crippen LogP contribution in [0.2, 0.25) is 0 Å². The van der Waals surface area contributed by atoms with Crippen molar-refractivity contribution in [1.82, 2.24) is 15.1 Å². The van der Waals surface area contributed by atoms with E-state index in [0.717, 1.165) is 17.1 Å². The predicted octanol–water partition coefficient (Wildman–Crippen LogP) is 4.22. The molecule has 0 atom stereocenters. The first-order chi connectivity index (χ1) is 15.6. The number of carbonyl (C=O) groups is 2. The van der Waals surface area contributed by atoms with Gasteiger partial charge in [0, 0.05) is 30.7 Å². The molecule has 1 aliphatic rings. The van der Waals surface area contributed by atoms with Gasteiger partial charge in [-0.05, 0) is 49.4 Å². The quantitative estimate of drug-likeness (QED) is 0.499. The summed E-state index contributed by atoms with van der Waals surface area (Å²) in [6.45, 7) is 3.03. The molecule has 8 heteroatoms. The molecule has 1 saturated heterocycles. The smallest absolute Gasteiger partial charge is 0.321 e. The molecular weight excluding hydrogens is 406 g/mol. The van der Waals surface area contributed by atoms with Crippen LogP contribution in [0.3, 0.4) is 0 Å². The van der Waals surface area contributed by atoms with Crippen LogP contribution in [0.1, 0.15) is 16.1 Å². The fourth-order valence-corrected chi connectivity index (χ4v) is 3.66. The van der Waals surface area contributed by atoms with Crippen LogP contribution in [0, 0.1) is 6.92 Å². The van der Waals surface area contributed by atoms with Gasteiger partial charge >= 0.3 is 6.03 Å². The van der Waals surface area contributed by atoms with Crippen molar-refractivity contribution in [3.05, 3.63) is 84.3 Å². The average molecular weight is 427 g/mol. The number of para-hydroxylation sites is 1. The van der Waals surface area contributed by atoms with Gasteiger partial charge in [-0.25, -0.2) is 9.48 Å². The van der Waals surface area contributed by atoms with E-state index in [-0.39, 0.29) is 11.9 Å². The molecule has 5 rings (SSSR count). The van der Waals surface area contributed by atoms with Crippen LogP contribution in [0.15, 0.2) is 77.3 Å². The summed E-state index contributed by atoms with van der Waals surface area (Å²) in [5.74, 6) is 0.932. The van der Waals surface area contributed by atoms with Crippen LogP contribution < -0.4 is 15.5 Å². The molecular formula is C24H21N5O3. The first-order valence-corrected chi connectivity index (χ1v) is 10.3. The molecule has 4 aromatic rings. The van der Waals surface area contributed by atoms with Crippen molar-refractivity contribution in [2.45, 2.75) is 6.92 Å². The minimum Gasteiger partial charge on any atom is -0.460 e. The van der Waals surface area contributed by atoms with Crippen molar-refractivity contribution in [2.24, 2.45) is 0 Å². The van der Waals surface area contributed by atoms with E-state index in [4.69, 9.17) is 4.42 Å². The number of hydrogen-bond acceptors (Lipinski definition) is 4. The highest BCUT2D eigenvalue weighted by Gasteiger charge is 2.23. The third kappa shape index (κ3) is 3.74. The van der Waals surface area contributed by atoms with E-state index in [1.807, 2.05) is 49.4 Å². The van der Waals surface area contributed by atoms with Crippen molar-refractivity contribution >= 4 is 23.3 Å². The minimum absolute atomic E-state index is 0.145. The normalized spacial score (nSPS) is 13.3. The molecule has 0 aliphatic carbocycles. The Morgan fingerprint density at radius 1 is 1.06 bits per heavy atom. The molecule has 0 saturated carbocycles. The number of nitrogens with zero attached hydrogens (tertiary/aromatic N) is 3. The molecule has 0 unspecified atom stereocenters. The summed E-state index contributed by atoms with van der Waals surface area (Å²) in [6.07, 6.45) is 1.69. The molecule has 3 amide bonds. The van der Waals surface area contributed by atoms with Crippen molar-refractivity contribution in [1.29, 1.82) is 0 Å². The van der Waals surface area contributed by atoms with Crippen LogP contribution >= 0.6 is 0 Å². The summed E-state index contributed by atoms with van der Waals surface area (Å²) in [6, 6.07) is 20.3. The SMILES string of the molecule is Cc1ccc(-c2nn(-c3ccccc3)cc2C(=O)Nc2cccc(N3CCNC3=O)c2)o1. The van der Waals surface area contributed by atoms with E-state index in [2.05, 4.69) is 15.7 Å². The number of benzene rings is 2. The van der Waals surface area contributed by atoms with Gasteiger partial charge in [0.2, 0.25) is 0 Å². The second-order valence-corrected chi connectivity index (χ2v) is 7.47. The van der Waals surface area contributed by atoms with E-state index < -0.39 is 0 Å². The Hall–Kier alpha value is -4.33. The van der Waals surface area contributed by atoms with Crippen LogP contribution in [-0.2, 0) is 0 Å². The molecule has 2 aromatic heterocycles. The molecule has 1 aliphatic heterocycles. The molecule has 0 radical (unpaired) electrons. The zero-order valence-corrected chi connectivity index (χ0v) is 17.4. The minimum atomic E-state index is -0.320. The molecule has 160 valence electrons. The molecule has 2 N–H and O–H groups in total. The number of furan rings is 1. The van der Waals surface area contributed by atoms with E-state index >= 15 is 0 Å². The van der Waals surface area contributed by atoms with Gasteiger partial charge in [-0.3, -0.25) is 9.69 Å². The summed E-state index contributed by atoms with van der Waals surface area (Å²) in [4.78, 5) is 26.9. The predicted molar refractivity (Wildman–Crippen MR) is 121 cm³/mol. The Morgan fingerprint density at radius 2 is 1.88 bits per heavy atom. The summed E-state index contributed by atoms with van der Waals surface area (Å²) in [7, 11) is 0. The second kappa shape index (κ2) is 8.07. The maximum absolute atomic E-state index is 13.3. The Bertz CT molecular complexity index is 1290. The molecule has 8 nitrogen and oxygen atoms in total. The lowest BCUT2D eigenvalue weighted by Gasteiger charge is -2.15. The fourth-order valence-electron chi connectivity index (χ4n) is 3.66. The van der Waals surface area contributed by atoms with E-state index in [1.165, 1.54) is 0 Å². The van der Waals surface area contributed by atoms with E-state index in [9.17, 15) is 9.59 Å². The highest BCUT2D eigenvalue weighted by molar-refractivity contribution is 6.08. The van der Waals surface area contributed by atoms with Crippen LogP contribution in [0.25, 0.3) is 17.1 Å². The summed E-state index contributed by atoms with van der Waals surface area (Å²) < 4.78 is 7.41. The van der Waals surface area contributed by atoms with Gasteiger partial charge in [0.25, 0.3) is 5.91 Å². The van der Waals surface area contributed by atoms with Gasteiger partial charge in [-0.2, -0.15) is 5.10 Å². The Kier molecular flexibility index (Phi) is 4.95. The first kappa shape index (κ1) is 19.6. The number of urea groups is 1. The molecule has 1 fully saturated rings. The molecule has 3 heterocycles. The van der Waals surface area contributed by atoms with Gasteiger partial charge < -0.3 is 15.1 Å². The van der Waals surface area contributed by atoms with Crippen LogP contribution in [0.4, 0.5) is 16.2 Å². The second-order valence-electron chi connectivity index (χ2n) is 7.47. The van der Waals surface area contributed by atoms with E-state index in [0.29, 0.717) is 35.8 Å². The number of carbonyl (C=O) groups excluding carboxylic acids is 2. The number of rotatable bonds is 5. The fraction of sp³-hybridized carbons (Fsp3) is 0.125. The Balaban J connectivity index is 1.48. The summed E-state index contributed by atoms with van der Waals surface area (Å²) in [5.41, 5.74) is 2.97. The number of anilines is 2. The number of hydrogen-bond donors (Lipinski definition) is 2. The molecule has 0 spiro atoms. The molecule has 32 heavy (non-hydrogen) atoms. The third-order valence-corrected chi connectivity index (χ3v) is 5.23. The van der Waals surface area contributed by atoms with Gasteiger partial charge in [0.05, 0.1) is 11.3 Å². The van der Waals surface area contributed by atoms with Crippen LogP contribution in [-0.4, -0.2) is 34.8 Å². The van der Waals surface area contributed by atoms with Gasteiger partial charge in [0.15, 0.2) is 5.76 Å². The van der Waals surface area contributed by atoms with Crippen molar-refractivity contribution in [3.63, 3.8) is 0 Å². The number of aryl methyl sites for hydroxylation is 1. The lowest BCUT2D eigenvalue weighted by Crippen LogP contribution is -2.27. The number of aromatic nitrogens is 2. The summed E-state index contributed by atoms with van der Waals surface area (Å²) in [5, 5.41) is 10.3. The number of amides is 3. The topological polar surface area (TPSA) is 92.4 Å². The average Bonchev–Trinajstić information content (AvgIpc) is 3.54. The highest BCUT2D eigenvalue weighted by atomic mass is 16.3. The lowest BCUT2D eigenvalue weighted by molar-refractivity contribution is 0.102. The van der Waals surface area contributed by atoms with Gasteiger partial charge in [-0.15, -0.1) is 0 Å². The lowest BCUT2D eigenvalue weighted by atomic mass is 10.2. The maximum Gasteiger partial charge on any atom is 0.321 e. The first-order valence-electron chi connectivity index (χ1n) is 10.3. The van der Waals surface area contributed by atoms with E-state index in [1.54, 1.807) is 40.0 Å². The third-order valence-electron chi connectivity index (χ3n) is 5.23. The Labute approximate surface area is 184 Å². The van der Waals surface area contributed by atoms with Crippen LogP contribution in [0.5, 0.6) is 0 Å². The largest absolute Gasteiger partial charge is 0.460 e. The Morgan fingerprint density at radius 3 is 2.59 bits per heavy atom. The zero-order chi connectivity index (χ0) is 22.1. The van der Waals surface area contributed by atoms with Crippen molar-refractivity contribution < 1.29 is 14.0 Å². The monoisotopic (exact) mass is 427 g/mol. The highest BCUT2D eigenvalue weighted by Crippen LogP contribution is 2.27. The van der Waals surface area contributed by atoms with Gasteiger partial charge in [0.1, 0.15) is 11.5 Å². The van der Waals surface area contributed by atoms with Gasteiger partial charge in [-0.1, -0.05) is 24.3 Å². The summed E-state index contributed by atoms with van der Waals surface area (Å²) >= 11 is 0. The molecule has 2 aromatic carbocycles. The number of nitrogens with one attached hydrogen (secondary N) is 2. The zero-order valence-electron chi connectivity index (χ0n) is 17.4. The molecule has 0 bridgehead atoms.